The number of fused-ring (bicyclic) bond motifs is 5. The fraction of sp³-hybridized carbons (Fsp3) is 0.808. The van der Waals surface area contributed by atoms with Crippen LogP contribution in [0, 0.1) is 28.6 Å². The van der Waals surface area contributed by atoms with Gasteiger partial charge in [0.25, 0.3) is 0 Å². The number of aliphatic hydroxyl groups excluding tert-OH is 2. The SMILES string of the molecule is C[C@H]1CC2C3CC=C4CC(=O)C=C[C@]4(C)[C@@]3(F)[C@@H](O)C[C@]2(C)[C@@]1(O)C1(CO)NC(C)(C)CO1. The summed E-state index contributed by atoms with van der Waals surface area (Å²) < 4.78 is 23.4. The summed E-state index contributed by atoms with van der Waals surface area (Å²) in [6, 6.07) is 0. The molecule has 0 aromatic rings. The molecule has 3 fully saturated rings. The molecule has 7 heteroatoms. The first-order chi connectivity index (χ1) is 15.2. The number of carbonyl (C=O) groups excluding carboxylic acids is 1. The molecular weight excluding hydrogens is 425 g/mol. The van der Waals surface area contributed by atoms with Crippen LogP contribution >= 0.6 is 0 Å². The number of allylic oxidation sites excluding steroid dienone is 4. The molecule has 6 nitrogen and oxygen atoms in total. The molecule has 0 spiro atoms. The van der Waals surface area contributed by atoms with Crippen molar-refractivity contribution >= 4 is 5.78 Å². The van der Waals surface area contributed by atoms with Crippen molar-refractivity contribution in [1.29, 1.82) is 0 Å². The van der Waals surface area contributed by atoms with Crippen LogP contribution in [0.1, 0.15) is 60.3 Å². The van der Waals surface area contributed by atoms with E-state index in [0.717, 1.165) is 5.57 Å². The molecular formula is C26H38FNO5. The van der Waals surface area contributed by atoms with Crippen LogP contribution in [0.25, 0.3) is 0 Å². The zero-order chi connectivity index (χ0) is 24.2. The molecule has 5 aliphatic rings. The highest BCUT2D eigenvalue weighted by atomic mass is 19.1. The smallest absolute Gasteiger partial charge is 0.172 e. The normalized spacial score (nSPS) is 55.1. The van der Waals surface area contributed by atoms with Crippen LogP contribution in [0.2, 0.25) is 0 Å². The summed E-state index contributed by atoms with van der Waals surface area (Å²) in [6.45, 7) is 9.48. The van der Waals surface area contributed by atoms with Crippen molar-refractivity contribution < 1.29 is 29.2 Å². The molecule has 1 saturated heterocycles. The Morgan fingerprint density at radius 1 is 1.24 bits per heavy atom. The average molecular weight is 464 g/mol. The lowest BCUT2D eigenvalue weighted by atomic mass is 9.45. The summed E-state index contributed by atoms with van der Waals surface area (Å²) in [5, 5.41) is 37.9. The van der Waals surface area contributed by atoms with E-state index in [1.807, 2.05) is 33.8 Å². The minimum Gasteiger partial charge on any atom is -0.392 e. The van der Waals surface area contributed by atoms with Gasteiger partial charge in [-0.3, -0.25) is 10.1 Å². The molecule has 184 valence electrons. The number of nitrogens with one attached hydrogen (secondary N) is 1. The van der Waals surface area contributed by atoms with Crippen molar-refractivity contribution in [3.05, 3.63) is 23.8 Å². The monoisotopic (exact) mass is 463 g/mol. The van der Waals surface area contributed by atoms with Crippen molar-refractivity contribution in [2.24, 2.45) is 28.6 Å². The number of hydrogen-bond donors (Lipinski definition) is 4. The Kier molecular flexibility index (Phi) is 4.83. The van der Waals surface area contributed by atoms with Crippen molar-refractivity contribution in [1.82, 2.24) is 5.32 Å². The van der Waals surface area contributed by atoms with Gasteiger partial charge in [0.05, 0.1) is 19.3 Å². The number of carbonyl (C=O) groups is 1. The van der Waals surface area contributed by atoms with Gasteiger partial charge in [-0.2, -0.15) is 0 Å². The average Bonchev–Trinajstić information content (AvgIpc) is 3.17. The third-order valence-corrected chi connectivity index (χ3v) is 10.2. The molecule has 2 saturated carbocycles. The summed E-state index contributed by atoms with van der Waals surface area (Å²) in [6.07, 6.45) is 4.95. The molecule has 0 aromatic carbocycles. The number of halogens is 1. The quantitative estimate of drug-likeness (QED) is 0.470. The van der Waals surface area contributed by atoms with E-state index >= 15 is 4.39 Å². The van der Waals surface area contributed by atoms with Gasteiger partial charge in [0.1, 0.15) is 5.60 Å². The number of alkyl halides is 1. The highest BCUT2D eigenvalue weighted by molar-refractivity contribution is 5.93. The minimum absolute atomic E-state index is 0.0447. The van der Waals surface area contributed by atoms with E-state index in [0.29, 0.717) is 19.4 Å². The molecule has 9 atom stereocenters. The fourth-order valence-corrected chi connectivity index (χ4v) is 8.65. The molecule has 1 heterocycles. The lowest BCUT2D eigenvalue weighted by Gasteiger charge is -2.63. The van der Waals surface area contributed by atoms with Crippen LogP contribution in [0.5, 0.6) is 0 Å². The van der Waals surface area contributed by atoms with Gasteiger partial charge < -0.3 is 20.1 Å². The predicted molar refractivity (Wildman–Crippen MR) is 121 cm³/mol. The summed E-state index contributed by atoms with van der Waals surface area (Å²) in [4.78, 5) is 12.0. The zero-order valence-corrected chi connectivity index (χ0v) is 20.3. The summed E-state index contributed by atoms with van der Waals surface area (Å²) in [5.41, 5.74) is -6.51. The number of aliphatic hydroxyl groups is 3. The number of ketones is 1. The first-order valence-electron chi connectivity index (χ1n) is 12.3. The lowest BCUT2D eigenvalue weighted by molar-refractivity contribution is -0.278. The zero-order valence-electron chi connectivity index (χ0n) is 20.3. The second kappa shape index (κ2) is 6.76. The Hall–Kier alpha value is -1.12. The van der Waals surface area contributed by atoms with Crippen LogP contribution in [-0.2, 0) is 9.53 Å². The minimum atomic E-state index is -1.95. The van der Waals surface area contributed by atoms with Gasteiger partial charge in [-0.05, 0) is 57.9 Å². The van der Waals surface area contributed by atoms with Crippen LogP contribution < -0.4 is 5.32 Å². The second-order valence-corrected chi connectivity index (χ2v) is 12.4. The van der Waals surface area contributed by atoms with E-state index in [1.165, 1.54) is 6.08 Å². The third-order valence-electron chi connectivity index (χ3n) is 10.2. The molecule has 0 radical (unpaired) electrons. The topological polar surface area (TPSA) is 99.0 Å². The second-order valence-electron chi connectivity index (χ2n) is 12.4. The van der Waals surface area contributed by atoms with Crippen LogP contribution in [0.3, 0.4) is 0 Å². The van der Waals surface area contributed by atoms with E-state index in [2.05, 4.69) is 5.32 Å². The van der Waals surface area contributed by atoms with E-state index in [4.69, 9.17) is 4.74 Å². The van der Waals surface area contributed by atoms with Crippen molar-refractivity contribution in [2.45, 2.75) is 88.9 Å². The van der Waals surface area contributed by atoms with Gasteiger partial charge >= 0.3 is 0 Å². The third kappa shape index (κ3) is 2.58. The van der Waals surface area contributed by atoms with Crippen molar-refractivity contribution in [3.8, 4) is 0 Å². The first kappa shape index (κ1) is 23.6. The molecule has 5 rings (SSSR count). The molecule has 4 aliphatic carbocycles. The lowest BCUT2D eigenvalue weighted by Crippen LogP contribution is -2.75. The highest BCUT2D eigenvalue weighted by Gasteiger charge is 2.78. The Bertz CT molecular complexity index is 949. The first-order valence-corrected chi connectivity index (χ1v) is 12.3. The molecule has 4 N–H and O–H groups in total. The van der Waals surface area contributed by atoms with Crippen molar-refractivity contribution in [3.63, 3.8) is 0 Å². The highest BCUT2D eigenvalue weighted by Crippen LogP contribution is 2.71. The van der Waals surface area contributed by atoms with Gasteiger partial charge in [0.15, 0.2) is 17.2 Å². The fourth-order valence-electron chi connectivity index (χ4n) is 8.65. The Labute approximate surface area is 195 Å². The summed E-state index contributed by atoms with van der Waals surface area (Å²) in [5.74, 6) is -1.10. The van der Waals surface area contributed by atoms with Gasteiger partial charge in [-0.25, -0.2) is 4.39 Å². The Balaban J connectivity index is 1.62. The number of ether oxygens (including phenoxy) is 1. The Morgan fingerprint density at radius 3 is 2.55 bits per heavy atom. The van der Waals surface area contributed by atoms with E-state index in [9.17, 15) is 20.1 Å². The van der Waals surface area contributed by atoms with Gasteiger partial charge in [0, 0.05) is 28.7 Å². The van der Waals surface area contributed by atoms with Gasteiger partial charge in [-0.15, -0.1) is 0 Å². The summed E-state index contributed by atoms with van der Waals surface area (Å²) in [7, 11) is 0. The number of hydrogen-bond acceptors (Lipinski definition) is 6. The number of rotatable bonds is 2. The molecule has 0 bridgehead atoms. The maximum Gasteiger partial charge on any atom is 0.172 e. The van der Waals surface area contributed by atoms with Crippen LogP contribution in [0.15, 0.2) is 23.8 Å². The predicted octanol–water partition coefficient (Wildman–Crippen LogP) is 2.42. The Morgan fingerprint density at radius 2 is 1.94 bits per heavy atom. The van der Waals surface area contributed by atoms with Gasteiger partial charge in [-0.1, -0.05) is 31.6 Å². The van der Waals surface area contributed by atoms with E-state index in [-0.39, 0.29) is 30.5 Å². The molecule has 0 amide bonds. The molecule has 0 aromatic heterocycles. The van der Waals surface area contributed by atoms with E-state index in [1.54, 1.807) is 13.0 Å². The maximum absolute atomic E-state index is 17.3. The molecule has 33 heavy (non-hydrogen) atoms. The largest absolute Gasteiger partial charge is 0.392 e. The molecule has 1 aliphatic heterocycles. The van der Waals surface area contributed by atoms with E-state index < -0.39 is 52.0 Å². The van der Waals surface area contributed by atoms with Crippen molar-refractivity contribution in [2.75, 3.05) is 13.2 Å². The van der Waals surface area contributed by atoms with Gasteiger partial charge in [0.2, 0.25) is 0 Å². The summed E-state index contributed by atoms with van der Waals surface area (Å²) >= 11 is 0. The van der Waals surface area contributed by atoms with Crippen LogP contribution in [-0.4, -0.2) is 63.0 Å². The van der Waals surface area contributed by atoms with Crippen LogP contribution in [0.4, 0.5) is 4.39 Å². The standard InChI is InChI=1S/C26H38FNO5/c1-15-10-19-18-7-6-16-11-17(30)8-9-22(16,4)25(18,27)20(31)12-23(19,5)26(15,32)24(13-29)28-21(2,3)14-33-24/h6,8-9,15,18-20,28-29,31-32H,7,10-14H2,1-5H3/t15-,18?,19?,20-,22-,23-,24?,25-,26+/m0/s1. The molecule has 3 unspecified atom stereocenters. The maximum atomic E-state index is 17.3.